The van der Waals surface area contributed by atoms with Crippen molar-refractivity contribution >= 4 is 11.3 Å². The van der Waals surface area contributed by atoms with Gasteiger partial charge in [0.25, 0.3) is 0 Å². The Morgan fingerprint density at radius 1 is 1.12 bits per heavy atom. The molecule has 1 heterocycles. The number of hydrogen-bond acceptors (Lipinski definition) is 2. The van der Waals surface area contributed by atoms with Crippen LogP contribution in [-0.2, 0) is 5.41 Å². The molecule has 0 fully saturated rings. The van der Waals surface area contributed by atoms with E-state index < -0.39 is 0 Å². The Bertz CT molecular complexity index is 777. The molecular formula is C24H34N2. The third kappa shape index (κ3) is 4.19. The van der Waals surface area contributed by atoms with E-state index in [1.165, 1.54) is 11.1 Å². The minimum absolute atomic E-state index is 0.0447. The van der Waals surface area contributed by atoms with Crippen molar-refractivity contribution in [2.24, 2.45) is 11.1 Å². The number of fused-ring (bicyclic) bond motifs is 1. The van der Waals surface area contributed by atoms with E-state index in [0.29, 0.717) is 6.54 Å². The van der Waals surface area contributed by atoms with Crippen molar-refractivity contribution in [3.63, 3.8) is 0 Å². The Kier molecular flexibility index (Phi) is 5.67. The molecule has 2 rings (SSSR count). The molecule has 2 nitrogen and oxygen atoms in total. The summed E-state index contributed by atoms with van der Waals surface area (Å²) in [7, 11) is 0. The van der Waals surface area contributed by atoms with E-state index in [2.05, 4.69) is 95.6 Å². The second-order valence-electron chi connectivity index (χ2n) is 9.03. The maximum absolute atomic E-state index is 6.03. The summed E-state index contributed by atoms with van der Waals surface area (Å²) in [6.07, 6.45) is 8.62. The highest BCUT2D eigenvalue weighted by molar-refractivity contribution is 5.85. The standard InChI is InChI=1S/C24H34N2/c1-9-20(16-25)26-13-12-19(24(6,7)8)14-17(2)21-15-18(23(3,4)5)10-11-22(21)26/h9-15H,2,16,25H2,1,3-8H3/b13-12-,19-14+,20-9+. The van der Waals surface area contributed by atoms with Gasteiger partial charge in [-0.05, 0) is 52.7 Å². The molecule has 0 unspecified atom stereocenters. The van der Waals surface area contributed by atoms with E-state index in [1.54, 1.807) is 0 Å². The van der Waals surface area contributed by atoms with Crippen molar-refractivity contribution in [3.05, 3.63) is 71.6 Å². The zero-order chi connectivity index (χ0) is 19.7. The number of benzene rings is 1. The van der Waals surface area contributed by atoms with Crippen LogP contribution in [0, 0.1) is 5.41 Å². The topological polar surface area (TPSA) is 29.3 Å². The Morgan fingerprint density at radius 3 is 2.27 bits per heavy atom. The molecule has 0 bridgehead atoms. The zero-order valence-corrected chi connectivity index (χ0v) is 17.5. The van der Waals surface area contributed by atoms with Crippen LogP contribution in [0.5, 0.6) is 0 Å². The minimum Gasteiger partial charge on any atom is -0.325 e. The lowest BCUT2D eigenvalue weighted by Crippen LogP contribution is -2.24. The van der Waals surface area contributed by atoms with Crippen LogP contribution >= 0.6 is 0 Å². The van der Waals surface area contributed by atoms with Gasteiger partial charge in [0.2, 0.25) is 0 Å². The maximum Gasteiger partial charge on any atom is 0.0531 e. The van der Waals surface area contributed by atoms with Gasteiger partial charge in [-0.3, -0.25) is 0 Å². The van der Waals surface area contributed by atoms with Gasteiger partial charge in [-0.1, -0.05) is 66.3 Å². The number of hydrogen-bond donors (Lipinski definition) is 1. The van der Waals surface area contributed by atoms with Gasteiger partial charge in [0, 0.05) is 24.0 Å². The van der Waals surface area contributed by atoms with E-state index in [0.717, 1.165) is 22.5 Å². The number of anilines is 1. The van der Waals surface area contributed by atoms with Gasteiger partial charge >= 0.3 is 0 Å². The van der Waals surface area contributed by atoms with E-state index in [4.69, 9.17) is 5.73 Å². The SMILES string of the molecule is C=C1/C=C(C(C)(C)C)\C=C/N(/C(=C/C)CN)c2ccc(C(C)(C)C)cc21. The van der Waals surface area contributed by atoms with Crippen LogP contribution in [0.25, 0.3) is 5.57 Å². The summed E-state index contributed by atoms with van der Waals surface area (Å²) in [5, 5.41) is 0. The molecule has 0 spiro atoms. The normalized spacial score (nSPS) is 19.4. The average molecular weight is 351 g/mol. The maximum atomic E-state index is 6.03. The fourth-order valence-electron chi connectivity index (χ4n) is 3.09. The summed E-state index contributed by atoms with van der Waals surface area (Å²) in [6.45, 7) is 20.3. The fourth-order valence-corrected chi connectivity index (χ4v) is 3.09. The monoisotopic (exact) mass is 350 g/mol. The number of nitrogens with zero attached hydrogens (tertiary/aromatic N) is 1. The average Bonchev–Trinajstić information content (AvgIpc) is 2.53. The summed E-state index contributed by atoms with van der Waals surface area (Å²) >= 11 is 0. The largest absolute Gasteiger partial charge is 0.325 e. The molecule has 2 heteroatoms. The van der Waals surface area contributed by atoms with E-state index in [1.807, 2.05) is 6.92 Å². The smallest absolute Gasteiger partial charge is 0.0531 e. The quantitative estimate of drug-likeness (QED) is 0.691. The molecule has 0 aliphatic carbocycles. The van der Waals surface area contributed by atoms with Crippen LogP contribution in [0.3, 0.4) is 0 Å². The van der Waals surface area contributed by atoms with E-state index in [-0.39, 0.29) is 10.8 Å². The predicted octanol–water partition coefficient (Wildman–Crippen LogP) is 6.17. The molecule has 0 saturated carbocycles. The lowest BCUT2D eigenvalue weighted by atomic mass is 9.82. The van der Waals surface area contributed by atoms with Crippen LogP contribution in [-0.4, -0.2) is 6.54 Å². The van der Waals surface area contributed by atoms with Crippen molar-refractivity contribution in [2.45, 2.75) is 53.9 Å². The minimum atomic E-state index is 0.0447. The van der Waals surface area contributed by atoms with Crippen molar-refractivity contribution < 1.29 is 0 Å². The van der Waals surface area contributed by atoms with Gasteiger partial charge in [-0.2, -0.15) is 0 Å². The first kappa shape index (κ1) is 20.3. The lowest BCUT2D eigenvalue weighted by Gasteiger charge is -2.31. The first-order chi connectivity index (χ1) is 12.0. The molecule has 2 N–H and O–H groups in total. The molecule has 1 aliphatic heterocycles. The van der Waals surface area contributed by atoms with Crippen LogP contribution in [0.4, 0.5) is 5.69 Å². The predicted molar refractivity (Wildman–Crippen MR) is 116 cm³/mol. The van der Waals surface area contributed by atoms with Gasteiger partial charge in [-0.25, -0.2) is 0 Å². The van der Waals surface area contributed by atoms with E-state index >= 15 is 0 Å². The van der Waals surface area contributed by atoms with Crippen molar-refractivity contribution in [1.82, 2.24) is 0 Å². The highest BCUT2D eigenvalue weighted by atomic mass is 15.1. The van der Waals surface area contributed by atoms with Crippen molar-refractivity contribution in [2.75, 3.05) is 11.4 Å². The fraction of sp³-hybridized carbons (Fsp3) is 0.417. The second-order valence-corrected chi connectivity index (χ2v) is 9.03. The molecule has 1 aromatic rings. The molecule has 26 heavy (non-hydrogen) atoms. The summed E-state index contributed by atoms with van der Waals surface area (Å²) in [6, 6.07) is 6.69. The Morgan fingerprint density at radius 2 is 1.77 bits per heavy atom. The Balaban J connectivity index is 2.76. The van der Waals surface area contributed by atoms with E-state index in [9.17, 15) is 0 Å². The molecular weight excluding hydrogens is 316 g/mol. The highest BCUT2D eigenvalue weighted by Crippen LogP contribution is 2.38. The van der Waals surface area contributed by atoms with Gasteiger partial charge in [0.15, 0.2) is 0 Å². The third-order valence-corrected chi connectivity index (χ3v) is 4.92. The molecule has 0 saturated heterocycles. The van der Waals surface area contributed by atoms with Crippen LogP contribution in [0.2, 0.25) is 0 Å². The molecule has 1 aliphatic rings. The summed E-state index contributed by atoms with van der Waals surface area (Å²) in [5.41, 5.74) is 13.1. The second kappa shape index (κ2) is 7.28. The van der Waals surface area contributed by atoms with Gasteiger partial charge in [-0.15, -0.1) is 0 Å². The van der Waals surface area contributed by atoms with Crippen LogP contribution < -0.4 is 10.6 Å². The van der Waals surface area contributed by atoms with Crippen molar-refractivity contribution in [3.8, 4) is 0 Å². The van der Waals surface area contributed by atoms with Crippen LogP contribution in [0.15, 0.2) is 60.5 Å². The summed E-state index contributed by atoms with van der Waals surface area (Å²) < 4.78 is 0. The third-order valence-electron chi connectivity index (χ3n) is 4.92. The molecule has 1 aromatic carbocycles. The molecule has 0 amide bonds. The first-order valence-corrected chi connectivity index (χ1v) is 9.37. The zero-order valence-electron chi connectivity index (χ0n) is 17.5. The molecule has 140 valence electrons. The molecule has 0 aromatic heterocycles. The summed E-state index contributed by atoms with van der Waals surface area (Å²) in [5.74, 6) is 0. The summed E-state index contributed by atoms with van der Waals surface area (Å²) in [4.78, 5) is 2.20. The molecule has 0 radical (unpaired) electrons. The Hall–Kier alpha value is -2.06. The number of allylic oxidation sites excluding steroid dienone is 5. The Labute approximate surface area is 159 Å². The lowest BCUT2D eigenvalue weighted by molar-refractivity contribution is 0.517. The van der Waals surface area contributed by atoms with Crippen LogP contribution in [0.1, 0.15) is 59.6 Å². The molecule has 0 atom stereocenters. The van der Waals surface area contributed by atoms with Gasteiger partial charge in [0.05, 0.1) is 5.69 Å². The van der Waals surface area contributed by atoms with Crippen molar-refractivity contribution in [1.29, 1.82) is 0 Å². The first-order valence-electron chi connectivity index (χ1n) is 9.37. The highest BCUT2D eigenvalue weighted by Gasteiger charge is 2.23. The number of rotatable bonds is 2. The van der Waals surface area contributed by atoms with Gasteiger partial charge < -0.3 is 10.6 Å². The number of nitrogens with two attached hydrogens (primary N) is 1. The van der Waals surface area contributed by atoms with Gasteiger partial charge in [0.1, 0.15) is 0 Å².